The average molecular weight is 289 g/mol. The summed E-state index contributed by atoms with van der Waals surface area (Å²) in [5.41, 5.74) is 0.376. The predicted octanol–water partition coefficient (Wildman–Crippen LogP) is 0.990. The molecule has 114 valence electrons. The third-order valence-electron chi connectivity index (χ3n) is 4.85. The van der Waals surface area contributed by atoms with E-state index in [1.165, 1.54) is 23.5 Å². The second-order valence-electron chi connectivity index (χ2n) is 6.20. The van der Waals surface area contributed by atoms with Crippen LogP contribution < -0.4 is 10.9 Å². The molecule has 0 saturated carbocycles. The zero-order chi connectivity index (χ0) is 14.8. The molecule has 0 aromatic carbocycles. The summed E-state index contributed by atoms with van der Waals surface area (Å²) >= 11 is 0. The van der Waals surface area contributed by atoms with Gasteiger partial charge in [0.2, 0.25) is 0 Å². The molecule has 2 aliphatic rings. The number of hydrogen-bond donors (Lipinski definition) is 1. The van der Waals surface area contributed by atoms with Crippen molar-refractivity contribution in [2.75, 3.05) is 19.6 Å². The lowest BCUT2D eigenvalue weighted by molar-refractivity contribution is 0.0674. The van der Waals surface area contributed by atoms with Crippen LogP contribution in [0.5, 0.6) is 0 Å². The highest BCUT2D eigenvalue weighted by Gasteiger charge is 2.30. The van der Waals surface area contributed by atoms with Gasteiger partial charge < -0.3 is 14.8 Å². The van der Waals surface area contributed by atoms with Gasteiger partial charge in [0.25, 0.3) is 11.5 Å². The summed E-state index contributed by atoms with van der Waals surface area (Å²) in [6, 6.07) is 3.81. The minimum Gasteiger partial charge on any atom is -0.339 e. The Hall–Kier alpha value is -1.62. The smallest absolute Gasteiger partial charge is 0.254 e. The zero-order valence-electron chi connectivity index (χ0n) is 12.5. The van der Waals surface area contributed by atoms with Crippen LogP contribution in [-0.2, 0) is 7.05 Å². The first-order valence-corrected chi connectivity index (χ1v) is 7.84. The van der Waals surface area contributed by atoms with Gasteiger partial charge in [-0.1, -0.05) is 0 Å². The molecule has 1 N–H and O–H groups in total. The first kappa shape index (κ1) is 14.3. The predicted molar refractivity (Wildman–Crippen MR) is 81.3 cm³/mol. The molecule has 0 aliphatic carbocycles. The highest BCUT2D eigenvalue weighted by Crippen LogP contribution is 2.26. The van der Waals surface area contributed by atoms with E-state index >= 15 is 0 Å². The molecule has 2 fully saturated rings. The number of carbonyl (C=O) groups is 1. The van der Waals surface area contributed by atoms with Gasteiger partial charge in [-0.25, -0.2) is 0 Å². The monoisotopic (exact) mass is 289 g/mol. The molecule has 0 bridgehead atoms. The molecule has 2 saturated heterocycles. The Labute approximate surface area is 124 Å². The van der Waals surface area contributed by atoms with E-state index in [0.29, 0.717) is 17.5 Å². The third-order valence-corrected chi connectivity index (χ3v) is 4.85. The molecular weight excluding hydrogens is 266 g/mol. The van der Waals surface area contributed by atoms with Gasteiger partial charge in [0.15, 0.2) is 0 Å². The standard InChI is InChI=1S/C16H23N3O2/c1-18-8-4-13(11-15(18)20)16(21)19-9-5-12(6-10-19)14-3-2-7-17-14/h4,8,11-12,14,17H,2-3,5-7,9-10H2,1H3. The number of pyridine rings is 1. The zero-order valence-corrected chi connectivity index (χ0v) is 12.5. The number of nitrogens with zero attached hydrogens (tertiary/aromatic N) is 2. The molecule has 5 heteroatoms. The van der Waals surface area contributed by atoms with E-state index in [2.05, 4.69) is 5.32 Å². The molecule has 2 aliphatic heterocycles. The Morgan fingerprint density at radius 2 is 2.05 bits per heavy atom. The first-order chi connectivity index (χ1) is 10.1. The van der Waals surface area contributed by atoms with Crippen LogP contribution in [0.4, 0.5) is 0 Å². The summed E-state index contributed by atoms with van der Waals surface area (Å²) in [5.74, 6) is 0.686. The van der Waals surface area contributed by atoms with Crippen molar-refractivity contribution < 1.29 is 4.79 Å². The minimum atomic E-state index is -0.133. The van der Waals surface area contributed by atoms with Crippen LogP contribution in [0.1, 0.15) is 36.0 Å². The Morgan fingerprint density at radius 1 is 1.29 bits per heavy atom. The molecule has 0 radical (unpaired) electrons. The maximum Gasteiger partial charge on any atom is 0.254 e. The number of nitrogens with one attached hydrogen (secondary N) is 1. The fraction of sp³-hybridized carbons (Fsp3) is 0.625. The Balaban J connectivity index is 1.61. The van der Waals surface area contributed by atoms with Crippen molar-refractivity contribution in [3.63, 3.8) is 0 Å². The molecule has 0 spiro atoms. The molecule has 1 amide bonds. The summed E-state index contributed by atoms with van der Waals surface area (Å²) in [4.78, 5) is 26.0. The Morgan fingerprint density at radius 3 is 2.67 bits per heavy atom. The number of aryl methyl sites for hydroxylation is 1. The number of amides is 1. The van der Waals surface area contributed by atoms with E-state index in [1.807, 2.05) is 4.90 Å². The molecular formula is C16H23N3O2. The van der Waals surface area contributed by atoms with Gasteiger partial charge >= 0.3 is 0 Å². The molecule has 1 unspecified atom stereocenters. The van der Waals surface area contributed by atoms with Gasteiger partial charge in [0, 0.05) is 44.0 Å². The second kappa shape index (κ2) is 6.02. The normalized spacial score (nSPS) is 23.5. The quantitative estimate of drug-likeness (QED) is 0.883. The highest BCUT2D eigenvalue weighted by molar-refractivity contribution is 5.94. The lowest BCUT2D eigenvalue weighted by Crippen LogP contribution is -2.43. The van der Waals surface area contributed by atoms with Gasteiger partial charge in [-0.3, -0.25) is 9.59 Å². The number of aromatic nitrogens is 1. The van der Waals surface area contributed by atoms with Crippen molar-refractivity contribution in [3.05, 3.63) is 34.2 Å². The van der Waals surface area contributed by atoms with Crippen LogP contribution in [0.15, 0.2) is 23.1 Å². The highest BCUT2D eigenvalue weighted by atomic mass is 16.2. The van der Waals surface area contributed by atoms with Crippen molar-refractivity contribution in [1.29, 1.82) is 0 Å². The molecule has 1 atom stereocenters. The first-order valence-electron chi connectivity index (χ1n) is 7.84. The maximum absolute atomic E-state index is 12.5. The Bertz CT molecular complexity index is 567. The number of likely N-dealkylation sites (tertiary alicyclic amines) is 1. The van der Waals surface area contributed by atoms with Crippen LogP contribution >= 0.6 is 0 Å². The largest absolute Gasteiger partial charge is 0.339 e. The van der Waals surface area contributed by atoms with E-state index in [-0.39, 0.29) is 11.5 Å². The SMILES string of the molecule is Cn1ccc(C(=O)N2CCC(C3CCCN3)CC2)cc1=O. The summed E-state index contributed by atoms with van der Waals surface area (Å²) in [6.45, 7) is 2.74. The maximum atomic E-state index is 12.5. The summed E-state index contributed by atoms with van der Waals surface area (Å²) in [7, 11) is 1.69. The molecule has 3 heterocycles. The fourth-order valence-corrected chi connectivity index (χ4v) is 3.48. The van der Waals surface area contributed by atoms with Crippen LogP contribution in [-0.4, -0.2) is 41.1 Å². The van der Waals surface area contributed by atoms with Crippen molar-refractivity contribution >= 4 is 5.91 Å². The van der Waals surface area contributed by atoms with Crippen molar-refractivity contribution in [1.82, 2.24) is 14.8 Å². The van der Waals surface area contributed by atoms with Crippen molar-refractivity contribution in [3.8, 4) is 0 Å². The number of piperidine rings is 1. The van der Waals surface area contributed by atoms with Crippen molar-refractivity contribution in [2.45, 2.75) is 31.7 Å². The van der Waals surface area contributed by atoms with Gasteiger partial charge in [0.05, 0.1) is 0 Å². The van der Waals surface area contributed by atoms with Crippen LogP contribution in [0.2, 0.25) is 0 Å². The van der Waals surface area contributed by atoms with E-state index in [0.717, 1.165) is 32.5 Å². The third kappa shape index (κ3) is 3.02. The van der Waals surface area contributed by atoms with Gasteiger partial charge in [0.1, 0.15) is 0 Å². The summed E-state index contributed by atoms with van der Waals surface area (Å²) < 4.78 is 1.48. The summed E-state index contributed by atoms with van der Waals surface area (Å²) in [6.07, 6.45) is 6.33. The number of carbonyl (C=O) groups excluding carboxylic acids is 1. The average Bonchev–Trinajstić information content (AvgIpc) is 3.04. The van der Waals surface area contributed by atoms with Gasteiger partial charge in [-0.05, 0) is 44.2 Å². The van der Waals surface area contributed by atoms with Crippen molar-refractivity contribution in [2.24, 2.45) is 13.0 Å². The summed E-state index contributed by atoms with van der Waals surface area (Å²) in [5, 5.41) is 3.57. The molecule has 21 heavy (non-hydrogen) atoms. The van der Waals surface area contributed by atoms with E-state index < -0.39 is 0 Å². The van der Waals surface area contributed by atoms with Gasteiger partial charge in [-0.15, -0.1) is 0 Å². The fourth-order valence-electron chi connectivity index (χ4n) is 3.48. The Kier molecular flexibility index (Phi) is 4.10. The van der Waals surface area contributed by atoms with E-state index in [4.69, 9.17) is 0 Å². The minimum absolute atomic E-state index is 0.00877. The second-order valence-corrected chi connectivity index (χ2v) is 6.20. The lowest BCUT2D eigenvalue weighted by atomic mass is 9.88. The number of hydrogen-bond acceptors (Lipinski definition) is 3. The van der Waals surface area contributed by atoms with Gasteiger partial charge in [-0.2, -0.15) is 0 Å². The van der Waals surface area contributed by atoms with E-state index in [1.54, 1.807) is 19.3 Å². The molecule has 1 aromatic heterocycles. The number of rotatable bonds is 2. The topological polar surface area (TPSA) is 54.3 Å². The lowest BCUT2D eigenvalue weighted by Gasteiger charge is -2.35. The molecule has 1 aromatic rings. The molecule has 5 nitrogen and oxygen atoms in total. The van der Waals surface area contributed by atoms with E-state index in [9.17, 15) is 9.59 Å². The molecule has 3 rings (SSSR count). The van der Waals surface area contributed by atoms with Crippen LogP contribution in [0.3, 0.4) is 0 Å². The van der Waals surface area contributed by atoms with Crippen LogP contribution in [0.25, 0.3) is 0 Å². The van der Waals surface area contributed by atoms with Crippen LogP contribution in [0, 0.1) is 5.92 Å².